The molecule has 0 saturated carbocycles. The molecule has 0 amide bonds. The molecular weight excluding hydrogens is 184 g/mol. The van der Waals surface area contributed by atoms with Crippen LogP contribution < -0.4 is 0 Å². The van der Waals surface area contributed by atoms with Gasteiger partial charge in [-0.05, 0) is 0 Å². The fourth-order valence-corrected chi connectivity index (χ4v) is 2.05. The van der Waals surface area contributed by atoms with Crippen LogP contribution in [0.3, 0.4) is 0 Å². The molecule has 0 unspecified atom stereocenters. The van der Waals surface area contributed by atoms with Crippen LogP contribution in [0.4, 0.5) is 0 Å². The zero-order valence-corrected chi connectivity index (χ0v) is 8.22. The molecule has 2 rings (SSSR count). The zero-order chi connectivity index (χ0) is 9.10. The summed E-state index contributed by atoms with van der Waals surface area (Å²) in [7, 11) is 0. The molecule has 1 fully saturated rings. The van der Waals surface area contributed by atoms with E-state index in [1.807, 2.05) is 5.51 Å². The Morgan fingerprint density at radius 2 is 2.23 bits per heavy atom. The van der Waals surface area contributed by atoms with E-state index in [1.165, 1.54) is 0 Å². The van der Waals surface area contributed by atoms with Crippen molar-refractivity contribution in [3.8, 4) is 0 Å². The molecular formula is C9H12N2OS. The number of carbonyl (C=O) groups is 1. The van der Waals surface area contributed by atoms with Crippen molar-refractivity contribution < 1.29 is 4.79 Å². The molecule has 13 heavy (non-hydrogen) atoms. The monoisotopic (exact) mass is 196 g/mol. The predicted octanol–water partition coefficient (Wildman–Crippen LogP) is 1.31. The molecule has 70 valence electrons. The lowest BCUT2D eigenvalue weighted by Crippen LogP contribution is -2.33. The van der Waals surface area contributed by atoms with E-state index in [0.29, 0.717) is 18.6 Å². The number of rotatable bonds is 2. The molecule has 0 atom stereocenters. The van der Waals surface area contributed by atoms with Crippen molar-refractivity contribution in [3.63, 3.8) is 0 Å². The van der Waals surface area contributed by atoms with Gasteiger partial charge < -0.3 is 0 Å². The van der Waals surface area contributed by atoms with Gasteiger partial charge in [0.25, 0.3) is 0 Å². The van der Waals surface area contributed by atoms with Crippen LogP contribution in [0.2, 0.25) is 0 Å². The first-order valence-corrected chi connectivity index (χ1v) is 5.40. The highest BCUT2D eigenvalue weighted by Crippen LogP contribution is 2.10. The van der Waals surface area contributed by atoms with Crippen molar-refractivity contribution in [3.05, 3.63) is 16.6 Å². The minimum atomic E-state index is 0.398. The topological polar surface area (TPSA) is 33.2 Å². The minimum Gasteiger partial charge on any atom is -0.300 e. The summed E-state index contributed by atoms with van der Waals surface area (Å²) in [6.07, 6.45) is 1.42. The van der Waals surface area contributed by atoms with Crippen molar-refractivity contribution in [1.82, 2.24) is 9.88 Å². The second-order valence-corrected chi connectivity index (χ2v) is 4.01. The molecule has 2 heterocycles. The smallest absolute Gasteiger partial charge is 0.135 e. The Kier molecular flexibility index (Phi) is 2.71. The van der Waals surface area contributed by atoms with Gasteiger partial charge in [-0.1, -0.05) is 0 Å². The van der Waals surface area contributed by atoms with Gasteiger partial charge >= 0.3 is 0 Å². The summed E-state index contributed by atoms with van der Waals surface area (Å²) in [4.78, 5) is 17.5. The Bertz CT molecular complexity index is 274. The van der Waals surface area contributed by atoms with Gasteiger partial charge in [-0.25, -0.2) is 4.98 Å². The van der Waals surface area contributed by atoms with Crippen molar-refractivity contribution in [2.75, 3.05) is 13.1 Å². The quantitative estimate of drug-likeness (QED) is 0.715. The molecule has 0 aromatic carbocycles. The maximum atomic E-state index is 11.0. The van der Waals surface area contributed by atoms with E-state index in [2.05, 4.69) is 15.3 Å². The maximum absolute atomic E-state index is 11.0. The van der Waals surface area contributed by atoms with Crippen LogP contribution in [0.15, 0.2) is 10.9 Å². The highest BCUT2D eigenvalue weighted by Gasteiger charge is 2.16. The molecule has 1 aromatic rings. The minimum absolute atomic E-state index is 0.398. The molecule has 0 N–H and O–H groups in total. The van der Waals surface area contributed by atoms with Gasteiger partial charge in [0.15, 0.2) is 0 Å². The number of likely N-dealkylation sites (tertiary alicyclic amines) is 1. The largest absolute Gasteiger partial charge is 0.300 e. The van der Waals surface area contributed by atoms with E-state index >= 15 is 0 Å². The second-order valence-electron chi connectivity index (χ2n) is 3.29. The van der Waals surface area contributed by atoms with Gasteiger partial charge in [-0.3, -0.25) is 9.69 Å². The highest BCUT2D eigenvalue weighted by molar-refractivity contribution is 7.07. The van der Waals surface area contributed by atoms with Gasteiger partial charge in [0.05, 0.1) is 11.2 Å². The first kappa shape index (κ1) is 8.84. The molecule has 4 heteroatoms. The molecule has 0 spiro atoms. The number of ketones is 1. The lowest BCUT2D eigenvalue weighted by molar-refractivity contribution is -0.121. The number of carbonyl (C=O) groups excluding carboxylic acids is 1. The number of piperidine rings is 1. The first-order chi connectivity index (χ1) is 6.34. The Morgan fingerprint density at radius 1 is 1.46 bits per heavy atom. The maximum Gasteiger partial charge on any atom is 0.135 e. The highest BCUT2D eigenvalue weighted by atomic mass is 32.1. The van der Waals surface area contributed by atoms with Crippen LogP contribution in [0.1, 0.15) is 18.5 Å². The van der Waals surface area contributed by atoms with Crippen LogP contribution in [-0.2, 0) is 11.3 Å². The van der Waals surface area contributed by atoms with Crippen molar-refractivity contribution >= 4 is 17.1 Å². The molecule has 0 radical (unpaired) electrons. The standard InChI is InChI=1S/C9H12N2OS/c12-9-1-3-11(4-2-9)5-8-6-13-7-10-8/h6-7H,1-5H2. The van der Waals surface area contributed by atoms with Crippen LogP contribution in [-0.4, -0.2) is 28.8 Å². The lowest BCUT2D eigenvalue weighted by atomic mass is 10.1. The Labute approximate surface area is 81.4 Å². The molecule has 0 aliphatic carbocycles. The number of Topliss-reactive ketones (excluding diaryl/α,β-unsaturated/α-hetero) is 1. The second kappa shape index (κ2) is 3.98. The Balaban J connectivity index is 1.86. The van der Waals surface area contributed by atoms with E-state index in [0.717, 1.165) is 25.3 Å². The van der Waals surface area contributed by atoms with E-state index in [1.54, 1.807) is 11.3 Å². The molecule has 1 aliphatic rings. The van der Waals surface area contributed by atoms with Crippen LogP contribution in [0.5, 0.6) is 0 Å². The third-order valence-corrected chi connectivity index (χ3v) is 2.92. The van der Waals surface area contributed by atoms with Crippen LogP contribution in [0.25, 0.3) is 0 Å². The number of hydrogen-bond donors (Lipinski definition) is 0. The van der Waals surface area contributed by atoms with Gasteiger partial charge in [-0.15, -0.1) is 11.3 Å². The van der Waals surface area contributed by atoms with Crippen LogP contribution >= 0.6 is 11.3 Å². The van der Waals surface area contributed by atoms with E-state index < -0.39 is 0 Å². The number of aromatic nitrogens is 1. The number of hydrogen-bond acceptors (Lipinski definition) is 4. The molecule has 1 aliphatic heterocycles. The van der Waals surface area contributed by atoms with Gasteiger partial charge in [0.2, 0.25) is 0 Å². The van der Waals surface area contributed by atoms with Gasteiger partial charge in [0, 0.05) is 37.9 Å². The third kappa shape index (κ3) is 2.35. The Morgan fingerprint density at radius 3 is 2.85 bits per heavy atom. The summed E-state index contributed by atoms with van der Waals surface area (Å²) < 4.78 is 0. The van der Waals surface area contributed by atoms with Crippen molar-refractivity contribution in [2.45, 2.75) is 19.4 Å². The van der Waals surface area contributed by atoms with Crippen LogP contribution in [0, 0.1) is 0 Å². The molecule has 0 bridgehead atoms. The molecule has 1 aromatic heterocycles. The fraction of sp³-hybridized carbons (Fsp3) is 0.556. The predicted molar refractivity (Wildman–Crippen MR) is 51.6 cm³/mol. The number of thiazole rings is 1. The summed E-state index contributed by atoms with van der Waals surface area (Å²) in [5.74, 6) is 0.398. The summed E-state index contributed by atoms with van der Waals surface area (Å²) in [5.41, 5.74) is 2.98. The summed E-state index contributed by atoms with van der Waals surface area (Å²) in [6, 6.07) is 0. The van der Waals surface area contributed by atoms with E-state index in [9.17, 15) is 4.79 Å². The van der Waals surface area contributed by atoms with E-state index in [4.69, 9.17) is 0 Å². The lowest BCUT2D eigenvalue weighted by Gasteiger charge is -2.24. The summed E-state index contributed by atoms with van der Waals surface area (Å²) in [6.45, 7) is 2.70. The summed E-state index contributed by atoms with van der Waals surface area (Å²) >= 11 is 1.62. The number of nitrogens with zero attached hydrogens (tertiary/aromatic N) is 2. The average molecular weight is 196 g/mol. The molecule has 1 saturated heterocycles. The third-order valence-electron chi connectivity index (χ3n) is 2.28. The van der Waals surface area contributed by atoms with Gasteiger partial charge in [0.1, 0.15) is 5.78 Å². The first-order valence-electron chi connectivity index (χ1n) is 4.46. The van der Waals surface area contributed by atoms with Gasteiger partial charge in [-0.2, -0.15) is 0 Å². The zero-order valence-electron chi connectivity index (χ0n) is 7.40. The van der Waals surface area contributed by atoms with Crippen molar-refractivity contribution in [2.24, 2.45) is 0 Å². The van der Waals surface area contributed by atoms with E-state index in [-0.39, 0.29) is 0 Å². The average Bonchev–Trinajstić information content (AvgIpc) is 2.62. The fourth-order valence-electron chi connectivity index (χ4n) is 1.51. The Hall–Kier alpha value is -0.740. The normalized spacial score (nSPS) is 19.2. The molecule has 3 nitrogen and oxygen atoms in total. The summed E-state index contributed by atoms with van der Waals surface area (Å²) in [5, 5.41) is 2.07. The van der Waals surface area contributed by atoms with Crippen molar-refractivity contribution in [1.29, 1.82) is 0 Å². The SMILES string of the molecule is O=C1CCN(Cc2cscn2)CC1.